The number of nitrogens with one attached hydrogen (secondary N) is 1. The first-order valence-corrected chi connectivity index (χ1v) is 9.20. The van der Waals surface area contributed by atoms with Crippen LogP contribution in [0.4, 0.5) is 5.82 Å². The quantitative estimate of drug-likeness (QED) is 0.909. The Bertz CT molecular complexity index is 529. The average molecular weight is 331 g/mol. The summed E-state index contributed by atoms with van der Waals surface area (Å²) >= 11 is 0. The number of carbonyl (C=O) groups excluding carboxylic acids is 1. The Hall–Kier alpha value is -1.69. The number of amides is 1. The molecule has 1 aromatic heterocycles. The fraction of sp³-hybridized carbons (Fsp3) is 0.722. The second kappa shape index (κ2) is 7.92. The molecule has 3 atom stereocenters. The molecule has 24 heavy (non-hydrogen) atoms. The van der Waals surface area contributed by atoms with Gasteiger partial charge in [-0.15, -0.1) is 0 Å². The van der Waals surface area contributed by atoms with Crippen LogP contribution >= 0.6 is 0 Å². The summed E-state index contributed by atoms with van der Waals surface area (Å²) in [5, 5.41) is 3.29. The van der Waals surface area contributed by atoms with Crippen LogP contribution in [-0.2, 0) is 4.79 Å². The molecule has 1 amide bonds. The highest BCUT2D eigenvalue weighted by Crippen LogP contribution is 2.24. The number of aromatic nitrogens is 2. The second-order valence-electron chi connectivity index (χ2n) is 7.14. The average Bonchev–Trinajstić information content (AvgIpc) is 2.64. The van der Waals surface area contributed by atoms with Gasteiger partial charge in [-0.25, -0.2) is 4.98 Å². The second-order valence-corrected chi connectivity index (χ2v) is 7.14. The molecule has 2 fully saturated rings. The molecule has 132 valence electrons. The summed E-state index contributed by atoms with van der Waals surface area (Å²) in [6, 6.07) is 0.290. The van der Waals surface area contributed by atoms with E-state index < -0.39 is 0 Å². The number of anilines is 1. The Morgan fingerprint density at radius 3 is 2.62 bits per heavy atom. The maximum absolute atomic E-state index is 12.6. The highest BCUT2D eigenvalue weighted by molar-refractivity contribution is 5.81. The minimum atomic E-state index is -0.0665. The number of piperazine rings is 1. The van der Waals surface area contributed by atoms with E-state index in [0.717, 1.165) is 38.4 Å². The molecular weight excluding hydrogens is 302 g/mol. The Morgan fingerprint density at radius 2 is 1.96 bits per heavy atom. The lowest BCUT2D eigenvalue weighted by Crippen LogP contribution is -2.56. The normalized spacial score (nSPS) is 26.8. The van der Waals surface area contributed by atoms with Gasteiger partial charge < -0.3 is 10.2 Å². The van der Waals surface area contributed by atoms with Crippen molar-refractivity contribution in [2.24, 2.45) is 5.92 Å². The van der Waals surface area contributed by atoms with Crippen molar-refractivity contribution in [2.75, 3.05) is 31.1 Å². The van der Waals surface area contributed by atoms with Crippen LogP contribution in [0.3, 0.4) is 0 Å². The van der Waals surface area contributed by atoms with Crippen LogP contribution in [0.5, 0.6) is 0 Å². The molecule has 0 bridgehead atoms. The van der Waals surface area contributed by atoms with Gasteiger partial charge in [0.05, 0.1) is 12.2 Å². The van der Waals surface area contributed by atoms with E-state index >= 15 is 0 Å². The molecule has 0 aromatic carbocycles. The smallest absolute Gasteiger partial charge is 0.237 e. The maximum Gasteiger partial charge on any atom is 0.237 e. The SMILES string of the molecule is C[C@@H]1CCCC[C@H]1NC(=O)[C@H](C)N1CCN(c2cnccn2)CC1. The molecule has 1 saturated heterocycles. The predicted octanol–water partition coefficient (Wildman–Crippen LogP) is 1.68. The minimum Gasteiger partial charge on any atom is -0.353 e. The van der Waals surface area contributed by atoms with Crippen molar-refractivity contribution in [1.29, 1.82) is 0 Å². The maximum atomic E-state index is 12.6. The van der Waals surface area contributed by atoms with Crippen LogP contribution in [0.25, 0.3) is 0 Å². The lowest BCUT2D eigenvalue weighted by molar-refractivity contribution is -0.127. The van der Waals surface area contributed by atoms with Crippen molar-refractivity contribution in [3.63, 3.8) is 0 Å². The third-order valence-corrected chi connectivity index (χ3v) is 5.55. The van der Waals surface area contributed by atoms with E-state index in [1.54, 1.807) is 18.6 Å². The van der Waals surface area contributed by atoms with Gasteiger partial charge in [0, 0.05) is 44.6 Å². The van der Waals surface area contributed by atoms with Crippen LogP contribution in [0.15, 0.2) is 18.6 Å². The van der Waals surface area contributed by atoms with Crippen molar-refractivity contribution < 1.29 is 4.79 Å². The van der Waals surface area contributed by atoms with Crippen molar-refractivity contribution in [1.82, 2.24) is 20.2 Å². The van der Waals surface area contributed by atoms with Gasteiger partial charge >= 0.3 is 0 Å². The number of nitrogens with zero attached hydrogens (tertiary/aromatic N) is 4. The fourth-order valence-corrected chi connectivity index (χ4v) is 3.79. The van der Waals surface area contributed by atoms with Crippen LogP contribution in [-0.4, -0.2) is 59.0 Å². The molecule has 1 saturated carbocycles. The molecule has 2 heterocycles. The molecule has 0 spiro atoms. The van der Waals surface area contributed by atoms with Crippen molar-refractivity contribution in [2.45, 2.75) is 51.6 Å². The molecule has 2 aliphatic rings. The monoisotopic (exact) mass is 331 g/mol. The highest BCUT2D eigenvalue weighted by atomic mass is 16.2. The first-order valence-electron chi connectivity index (χ1n) is 9.20. The number of rotatable bonds is 4. The number of hydrogen-bond acceptors (Lipinski definition) is 5. The van der Waals surface area contributed by atoms with Crippen LogP contribution in [0, 0.1) is 5.92 Å². The van der Waals surface area contributed by atoms with E-state index in [9.17, 15) is 4.79 Å². The van der Waals surface area contributed by atoms with Crippen molar-refractivity contribution in [3.05, 3.63) is 18.6 Å². The Balaban J connectivity index is 1.49. The van der Waals surface area contributed by atoms with Gasteiger partial charge in [0.15, 0.2) is 0 Å². The molecule has 1 aromatic rings. The summed E-state index contributed by atoms with van der Waals surface area (Å²) in [6.07, 6.45) is 10.1. The van der Waals surface area contributed by atoms with Crippen molar-refractivity contribution in [3.8, 4) is 0 Å². The minimum absolute atomic E-state index is 0.0665. The molecule has 0 unspecified atom stereocenters. The summed E-state index contributed by atoms with van der Waals surface area (Å²) in [6.45, 7) is 7.82. The molecule has 1 N–H and O–H groups in total. The van der Waals surface area contributed by atoms with Gasteiger partial charge in [-0.05, 0) is 25.7 Å². The molecule has 3 rings (SSSR count). The van der Waals surface area contributed by atoms with E-state index in [-0.39, 0.29) is 11.9 Å². The summed E-state index contributed by atoms with van der Waals surface area (Å²) in [4.78, 5) is 25.6. The zero-order chi connectivity index (χ0) is 16.9. The number of hydrogen-bond donors (Lipinski definition) is 1. The van der Waals surface area contributed by atoms with Gasteiger partial charge in [0.1, 0.15) is 5.82 Å². The highest BCUT2D eigenvalue weighted by Gasteiger charge is 2.29. The largest absolute Gasteiger partial charge is 0.353 e. The fourth-order valence-electron chi connectivity index (χ4n) is 3.79. The summed E-state index contributed by atoms with van der Waals surface area (Å²) in [5.74, 6) is 1.70. The molecular formula is C18H29N5O. The zero-order valence-corrected chi connectivity index (χ0v) is 14.8. The van der Waals surface area contributed by atoms with Gasteiger partial charge in [-0.1, -0.05) is 19.8 Å². The van der Waals surface area contributed by atoms with E-state index in [0.29, 0.717) is 12.0 Å². The topological polar surface area (TPSA) is 61.4 Å². The lowest BCUT2D eigenvalue weighted by Gasteiger charge is -2.38. The molecule has 1 aliphatic carbocycles. The van der Waals surface area contributed by atoms with Crippen molar-refractivity contribution >= 4 is 11.7 Å². The lowest BCUT2D eigenvalue weighted by atomic mass is 9.86. The Labute approximate surface area is 144 Å². The Morgan fingerprint density at radius 1 is 1.21 bits per heavy atom. The summed E-state index contributed by atoms with van der Waals surface area (Å²) in [5.41, 5.74) is 0. The van der Waals surface area contributed by atoms with Gasteiger partial charge in [-0.2, -0.15) is 0 Å². The first kappa shape index (κ1) is 17.1. The van der Waals surface area contributed by atoms with E-state index in [1.165, 1.54) is 19.3 Å². The van der Waals surface area contributed by atoms with Crippen LogP contribution in [0.1, 0.15) is 39.5 Å². The third kappa shape index (κ3) is 4.04. The first-order chi connectivity index (χ1) is 11.6. The van der Waals surface area contributed by atoms with Gasteiger partial charge in [0.2, 0.25) is 5.91 Å². The summed E-state index contributed by atoms with van der Waals surface area (Å²) in [7, 11) is 0. The van der Waals surface area contributed by atoms with Crippen LogP contribution in [0.2, 0.25) is 0 Å². The van der Waals surface area contributed by atoms with Gasteiger partial charge in [-0.3, -0.25) is 14.7 Å². The molecule has 6 heteroatoms. The third-order valence-electron chi connectivity index (χ3n) is 5.55. The van der Waals surface area contributed by atoms with E-state index in [4.69, 9.17) is 0 Å². The van der Waals surface area contributed by atoms with E-state index in [1.807, 2.05) is 6.92 Å². The molecule has 6 nitrogen and oxygen atoms in total. The number of carbonyl (C=O) groups is 1. The Kier molecular flexibility index (Phi) is 5.66. The van der Waals surface area contributed by atoms with Gasteiger partial charge in [0.25, 0.3) is 0 Å². The molecule has 1 aliphatic heterocycles. The predicted molar refractivity (Wildman–Crippen MR) is 94.8 cm³/mol. The van der Waals surface area contributed by atoms with Crippen LogP contribution < -0.4 is 10.2 Å². The van der Waals surface area contributed by atoms with E-state index in [2.05, 4.69) is 32.0 Å². The standard InChI is InChI=1S/C18H29N5O/c1-14-5-3-4-6-16(14)21-18(24)15(2)22-9-11-23(12-10-22)17-13-19-7-8-20-17/h7-8,13-16H,3-6,9-12H2,1-2H3,(H,21,24)/t14-,15+,16-/m1/s1. The zero-order valence-electron chi connectivity index (χ0n) is 14.8. The molecule has 0 radical (unpaired) electrons. The summed E-state index contributed by atoms with van der Waals surface area (Å²) < 4.78 is 0.